The van der Waals surface area contributed by atoms with E-state index in [2.05, 4.69) is 29.6 Å². The zero-order valence-electron chi connectivity index (χ0n) is 20.4. The van der Waals surface area contributed by atoms with Gasteiger partial charge in [-0.3, -0.25) is 9.59 Å². The maximum Gasteiger partial charge on any atom is 0.343 e. The van der Waals surface area contributed by atoms with Crippen LogP contribution in [0.25, 0.3) is 0 Å². The van der Waals surface area contributed by atoms with Gasteiger partial charge in [0.1, 0.15) is 5.66 Å². The molecule has 1 atom stereocenters. The third-order valence-corrected chi connectivity index (χ3v) is 7.02. The molecule has 3 amide bonds. The maximum atomic E-state index is 13.4. The predicted octanol–water partition coefficient (Wildman–Crippen LogP) is 3.11. The average molecular weight is 482 g/mol. The zero-order valence-corrected chi connectivity index (χ0v) is 21.2. The number of carbonyl (C=O) groups is 3. The van der Waals surface area contributed by atoms with Gasteiger partial charge in [0.2, 0.25) is 5.91 Å². The number of thioether (sulfide) groups is 1. The molecule has 1 aliphatic heterocycles. The van der Waals surface area contributed by atoms with Crippen LogP contribution in [0.2, 0.25) is 0 Å². The van der Waals surface area contributed by atoms with Crippen LogP contribution in [0.3, 0.4) is 0 Å². The highest BCUT2D eigenvalue weighted by Gasteiger charge is 2.44. The molecule has 2 fully saturated rings. The molecule has 0 aromatic carbocycles. The first-order valence-corrected chi connectivity index (χ1v) is 13.2. The molecular weight excluding hydrogens is 442 g/mol. The van der Waals surface area contributed by atoms with Crippen molar-refractivity contribution in [1.82, 2.24) is 20.5 Å². The van der Waals surface area contributed by atoms with Crippen molar-refractivity contribution in [3.05, 3.63) is 0 Å². The summed E-state index contributed by atoms with van der Waals surface area (Å²) in [5, 5.41) is 12.0. The summed E-state index contributed by atoms with van der Waals surface area (Å²) >= 11 is 1.39. The molecule has 0 saturated heterocycles. The maximum absolute atomic E-state index is 13.4. The topological polar surface area (TPSA) is 103 Å². The fraction of sp³-hybridized carbons (Fsp3) is 0.826. The third kappa shape index (κ3) is 7.60. The van der Waals surface area contributed by atoms with E-state index in [0.717, 1.165) is 55.8 Å². The summed E-state index contributed by atoms with van der Waals surface area (Å²) in [7, 11) is 3.96. The minimum absolute atomic E-state index is 0.00265. The number of ketones is 1. The van der Waals surface area contributed by atoms with Gasteiger partial charge in [0.05, 0.1) is 0 Å². The second kappa shape index (κ2) is 11.6. The molecule has 0 aromatic heterocycles. The second-order valence-corrected chi connectivity index (χ2v) is 11.1. The molecule has 0 aromatic rings. The van der Waals surface area contributed by atoms with E-state index in [-0.39, 0.29) is 17.6 Å². The number of ether oxygens (including phenoxy) is 1. The number of urea groups is 1. The van der Waals surface area contributed by atoms with Crippen LogP contribution >= 0.6 is 11.8 Å². The van der Waals surface area contributed by atoms with Crippen LogP contribution in [0.15, 0.2) is 5.10 Å². The molecule has 33 heavy (non-hydrogen) atoms. The number of nitrogens with zero attached hydrogens (tertiary/aromatic N) is 3. The Hall–Kier alpha value is -1.81. The largest absolute Gasteiger partial charge is 0.438 e. The Labute approximate surface area is 201 Å². The number of hydrazone groups is 1. The molecule has 0 bridgehead atoms. The van der Waals surface area contributed by atoms with Crippen molar-refractivity contribution in [2.24, 2.45) is 16.9 Å². The SMILES string of the molecule is CC(C)CCC(=O)C1OC(SCCN(C)C)=NN1C(=O)NC1(NC(=O)C2CC2)CCCCC1. The first-order valence-electron chi connectivity index (χ1n) is 12.2. The molecule has 1 unspecified atom stereocenters. The molecule has 10 heteroatoms. The van der Waals surface area contributed by atoms with Gasteiger partial charge in [-0.25, -0.2) is 4.79 Å². The molecule has 1 heterocycles. The summed E-state index contributed by atoms with van der Waals surface area (Å²) in [6.45, 7) is 4.94. The number of rotatable bonds is 10. The van der Waals surface area contributed by atoms with Gasteiger partial charge in [-0.2, -0.15) is 5.01 Å². The fourth-order valence-electron chi connectivity index (χ4n) is 3.98. The van der Waals surface area contributed by atoms with E-state index in [1.807, 2.05) is 19.0 Å². The van der Waals surface area contributed by atoms with Crippen molar-refractivity contribution >= 4 is 34.7 Å². The highest BCUT2D eigenvalue weighted by Crippen LogP contribution is 2.33. The van der Waals surface area contributed by atoms with Gasteiger partial charge in [-0.05, 0) is 65.0 Å². The van der Waals surface area contributed by atoms with Crippen LogP contribution in [-0.4, -0.2) is 71.1 Å². The van der Waals surface area contributed by atoms with Gasteiger partial charge in [0.25, 0.3) is 11.5 Å². The number of amides is 3. The van der Waals surface area contributed by atoms with E-state index in [9.17, 15) is 14.4 Å². The second-order valence-electron chi connectivity index (χ2n) is 10.1. The average Bonchev–Trinajstić information content (AvgIpc) is 3.52. The van der Waals surface area contributed by atoms with Crippen LogP contribution < -0.4 is 10.6 Å². The number of Topliss-reactive ketones (excluding diaryl/α,β-unsaturated/α-hetero) is 1. The van der Waals surface area contributed by atoms with E-state index < -0.39 is 17.9 Å². The monoisotopic (exact) mass is 481 g/mol. The van der Waals surface area contributed by atoms with Crippen molar-refractivity contribution in [3.63, 3.8) is 0 Å². The van der Waals surface area contributed by atoms with E-state index in [1.54, 1.807) is 0 Å². The van der Waals surface area contributed by atoms with Crippen LogP contribution in [0.4, 0.5) is 4.79 Å². The quantitative estimate of drug-likeness (QED) is 0.465. The molecular formula is C23H39N5O4S. The Morgan fingerprint density at radius 1 is 1.18 bits per heavy atom. The first-order chi connectivity index (χ1) is 15.7. The molecule has 2 saturated carbocycles. The lowest BCUT2D eigenvalue weighted by atomic mass is 9.88. The van der Waals surface area contributed by atoms with Gasteiger partial charge >= 0.3 is 6.03 Å². The van der Waals surface area contributed by atoms with Crippen molar-refractivity contribution in [1.29, 1.82) is 0 Å². The minimum Gasteiger partial charge on any atom is -0.438 e. The number of nitrogens with one attached hydrogen (secondary N) is 2. The summed E-state index contributed by atoms with van der Waals surface area (Å²) in [5.41, 5.74) is -0.795. The van der Waals surface area contributed by atoms with Crippen LogP contribution in [0.1, 0.15) is 71.6 Å². The summed E-state index contributed by atoms with van der Waals surface area (Å²) in [6.07, 6.45) is 6.05. The number of hydrogen-bond donors (Lipinski definition) is 2. The van der Waals surface area contributed by atoms with Gasteiger partial charge in [-0.1, -0.05) is 32.0 Å². The van der Waals surface area contributed by atoms with Crippen LogP contribution in [-0.2, 0) is 14.3 Å². The Morgan fingerprint density at radius 3 is 2.48 bits per heavy atom. The summed E-state index contributed by atoms with van der Waals surface area (Å²) in [4.78, 5) is 40.9. The van der Waals surface area contributed by atoms with Crippen molar-refractivity contribution in [2.75, 3.05) is 26.4 Å². The molecule has 2 N–H and O–H groups in total. The summed E-state index contributed by atoms with van der Waals surface area (Å²) in [6, 6.07) is -0.501. The third-order valence-electron chi connectivity index (χ3n) is 6.20. The summed E-state index contributed by atoms with van der Waals surface area (Å²) < 4.78 is 5.85. The smallest absolute Gasteiger partial charge is 0.343 e. The van der Waals surface area contributed by atoms with Gasteiger partial charge in [-0.15, -0.1) is 5.10 Å². The Kier molecular flexibility index (Phi) is 9.03. The predicted molar refractivity (Wildman–Crippen MR) is 129 cm³/mol. The zero-order chi connectivity index (χ0) is 24.0. The Balaban J connectivity index is 1.71. The molecule has 9 nitrogen and oxygen atoms in total. The lowest BCUT2D eigenvalue weighted by Crippen LogP contribution is -2.64. The lowest BCUT2D eigenvalue weighted by Gasteiger charge is -2.39. The number of hydrogen-bond acceptors (Lipinski definition) is 7. The fourth-order valence-corrected chi connectivity index (χ4v) is 4.91. The molecule has 0 radical (unpaired) electrons. The van der Waals surface area contributed by atoms with Gasteiger partial charge < -0.3 is 20.3 Å². The molecule has 0 spiro atoms. The van der Waals surface area contributed by atoms with E-state index >= 15 is 0 Å². The van der Waals surface area contributed by atoms with Crippen molar-refractivity contribution in [3.8, 4) is 0 Å². The first kappa shape index (κ1) is 25.8. The van der Waals surface area contributed by atoms with Gasteiger partial charge in [0.15, 0.2) is 5.78 Å². The molecule has 186 valence electrons. The minimum atomic E-state index is -1.06. The van der Waals surface area contributed by atoms with Crippen LogP contribution in [0, 0.1) is 11.8 Å². The normalized spacial score (nSPS) is 22.2. The highest BCUT2D eigenvalue weighted by atomic mass is 32.2. The molecule has 3 rings (SSSR count). The van der Waals surface area contributed by atoms with Crippen molar-refractivity contribution < 1.29 is 19.1 Å². The Morgan fingerprint density at radius 2 is 1.88 bits per heavy atom. The van der Waals surface area contributed by atoms with Crippen molar-refractivity contribution in [2.45, 2.75) is 83.5 Å². The van der Waals surface area contributed by atoms with E-state index in [0.29, 0.717) is 30.4 Å². The lowest BCUT2D eigenvalue weighted by molar-refractivity contribution is -0.131. The van der Waals surface area contributed by atoms with Crippen LogP contribution in [0.5, 0.6) is 0 Å². The molecule has 2 aliphatic carbocycles. The van der Waals surface area contributed by atoms with E-state index in [4.69, 9.17) is 4.74 Å². The summed E-state index contributed by atoms with van der Waals surface area (Å²) in [5.74, 6) is 0.998. The highest BCUT2D eigenvalue weighted by molar-refractivity contribution is 8.13. The number of carbonyl (C=O) groups excluding carboxylic acids is 3. The standard InChI is InChI=1S/C23H39N5O4S/c1-16(2)8-11-18(29)20-28(26-22(32-20)33-15-14-27(3)4)21(31)25-23(12-6-5-7-13-23)24-19(30)17-9-10-17/h16-17,20H,5-15H2,1-4H3,(H,24,30)(H,25,31). The van der Waals surface area contributed by atoms with Gasteiger partial charge in [0, 0.05) is 24.6 Å². The van der Waals surface area contributed by atoms with E-state index in [1.165, 1.54) is 11.8 Å². The Bertz CT molecular complexity index is 747. The molecule has 3 aliphatic rings.